The fourth-order valence-electron chi connectivity index (χ4n) is 1.66. The molecular formula is C14H15FN2. The maximum absolute atomic E-state index is 13.4. The van der Waals surface area contributed by atoms with Crippen molar-refractivity contribution in [2.24, 2.45) is 0 Å². The Kier molecular flexibility index (Phi) is 3.38. The number of rotatable bonds is 3. The number of nitrogens with one attached hydrogen (secondary N) is 1. The van der Waals surface area contributed by atoms with Crippen LogP contribution in [-0.4, -0.2) is 4.98 Å². The molecule has 0 fully saturated rings. The molecule has 1 atom stereocenters. The first-order chi connectivity index (χ1) is 8.16. The molecule has 1 unspecified atom stereocenters. The molecule has 0 aliphatic carbocycles. The van der Waals surface area contributed by atoms with E-state index in [0.717, 1.165) is 11.3 Å². The highest BCUT2D eigenvalue weighted by molar-refractivity contribution is 5.43. The highest BCUT2D eigenvalue weighted by atomic mass is 19.1. The molecule has 1 heterocycles. The smallest absolute Gasteiger partial charge is 0.126 e. The van der Waals surface area contributed by atoms with Gasteiger partial charge in [0.1, 0.15) is 5.82 Å². The van der Waals surface area contributed by atoms with E-state index in [0.29, 0.717) is 5.56 Å². The van der Waals surface area contributed by atoms with E-state index in [2.05, 4.69) is 10.3 Å². The van der Waals surface area contributed by atoms with Crippen molar-refractivity contribution in [1.29, 1.82) is 0 Å². The average molecular weight is 230 g/mol. The summed E-state index contributed by atoms with van der Waals surface area (Å²) < 4.78 is 13.4. The van der Waals surface area contributed by atoms with Crippen molar-refractivity contribution in [2.75, 3.05) is 5.32 Å². The third-order valence-corrected chi connectivity index (χ3v) is 2.74. The van der Waals surface area contributed by atoms with Gasteiger partial charge in [-0.15, -0.1) is 0 Å². The van der Waals surface area contributed by atoms with Crippen molar-refractivity contribution in [1.82, 2.24) is 4.98 Å². The van der Waals surface area contributed by atoms with E-state index in [-0.39, 0.29) is 11.9 Å². The first-order valence-electron chi connectivity index (χ1n) is 5.59. The summed E-state index contributed by atoms with van der Waals surface area (Å²) in [7, 11) is 0. The van der Waals surface area contributed by atoms with Crippen LogP contribution in [0.15, 0.2) is 42.7 Å². The number of benzene rings is 1. The van der Waals surface area contributed by atoms with Crippen LogP contribution in [0.4, 0.5) is 10.1 Å². The Morgan fingerprint density at radius 3 is 2.76 bits per heavy atom. The van der Waals surface area contributed by atoms with E-state index >= 15 is 0 Å². The average Bonchev–Trinajstić information content (AvgIpc) is 2.34. The topological polar surface area (TPSA) is 24.9 Å². The highest BCUT2D eigenvalue weighted by Gasteiger charge is 2.07. The lowest BCUT2D eigenvalue weighted by Gasteiger charge is -2.15. The molecule has 88 valence electrons. The Hall–Kier alpha value is -1.90. The van der Waals surface area contributed by atoms with Gasteiger partial charge in [-0.1, -0.05) is 12.1 Å². The van der Waals surface area contributed by atoms with Crippen LogP contribution >= 0.6 is 0 Å². The van der Waals surface area contributed by atoms with Crippen LogP contribution in [0.2, 0.25) is 0 Å². The fraction of sp³-hybridized carbons (Fsp3) is 0.214. The van der Waals surface area contributed by atoms with Crippen molar-refractivity contribution >= 4 is 5.69 Å². The molecule has 1 aromatic heterocycles. The number of aryl methyl sites for hydroxylation is 1. The maximum atomic E-state index is 13.4. The molecule has 0 bridgehead atoms. The molecule has 0 radical (unpaired) electrons. The molecule has 0 amide bonds. The van der Waals surface area contributed by atoms with Gasteiger partial charge in [-0.25, -0.2) is 4.39 Å². The van der Waals surface area contributed by atoms with Crippen LogP contribution in [0.1, 0.15) is 24.1 Å². The molecule has 1 aromatic carbocycles. The number of anilines is 1. The van der Waals surface area contributed by atoms with Crippen molar-refractivity contribution in [3.05, 3.63) is 59.7 Å². The van der Waals surface area contributed by atoms with E-state index in [1.54, 1.807) is 31.5 Å². The summed E-state index contributed by atoms with van der Waals surface area (Å²) in [5, 5.41) is 3.28. The first-order valence-corrected chi connectivity index (χ1v) is 5.59. The van der Waals surface area contributed by atoms with Gasteiger partial charge >= 0.3 is 0 Å². The largest absolute Gasteiger partial charge is 0.377 e. The van der Waals surface area contributed by atoms with Gasteiger partial charge in [0.2, 0.25) is 0 Å². The number of aromatic nitrogens is 1. The Bertz CT molecular complexity index is 497. The van der Waals surface area contributed by atoms with Crippen LogP contribution in [-0.2, 0) is 0 Å². The third-order valence-electron chi connectivity index (χ3n) is 2.74. The zero-order chi connectivity index (χ0) is 12.3. The number of halogens is 1. The van der Waals surface area contributed by atoms with Crippen LogP contribution in [0.5, 0.6) is 0 Å². The molecule has 0 saturated carbocycles. The second-order valence-electron chi connectivity index (χ2n) is 4.12. The third kappa shape index (κ3) is 2.81. The van der Waals surface area contributed by atoms with Gasteiger partial charge < -0.3 is 5.32 Å². The number of hydrogen-bond donors (Lipinski definition) is 1. The van der Waals surface area contributed by atoms with Gasteiger partial charge in [0.25, 0.3) is 0 Å². The van der Waals surface area contributed by atoms with E-state index < -0.39 is 0 Å². The minimum atomic E-state index is -0.165. The summed E-state index contributed by atoms with van der Waals surface area (Å²) in [6.07, 6.45) is 3.47. The lowest BCUT2D eigenvalue weighted by Crippen LogP contribution is -2.07. The summed E-state index contributed by atoms with van der Waals surface area (Å²) in [5.74, 6) is -0.165. The molecular weight excluding hydrogens is 215 g/mol. The lowest BCUT2D eigenvalue weighted by atomic mass is 10.1. The summed E-state index contributed by atoms with van der Waals surface area (Å²) in [6, 6.07) is 9.16. The zero-order valence-electron chi connectivity index (χ0n) is 9.94. The van der Waals surface area contributed by atoms with Crippen LogP contribution in [0, 0.1) is 12.7 Å². The molecule has 2 rings (SSSR count). The van der Waals surface area contributed by atoms with Crippen LogP contribution in [0.3, 0.4) is 0 Å². The zero-order valence-corrected chi connectivity index (χ0v) is 9.94. The molecule has 0 aliphatic heterocycles. The molecule has 0 saturated heterocycles. The van der Waals surface area contributed by atoms with Crippen molar-refractivity contribution < 1.29 is 4.39 Å². The summed E-state index contributed by atoms with van der Waals surface area (Å²) in [4.78, 5) is 4.03. The number of nitrogens with zero attached hydrogens (tertiary/aromatic N) is 1. The van der Waals surface area contributed by atoms with Gasteiger partial charge in [-0.3, -0.25) is 4.98 Å². The lowest BCUT2D eigenvalue weighted by molar-refractivity contribution is 0.614. The van der Waals surface area contributed by atoms with Crippen molar-refractivity contribution in [3.8, 4) is 0 Å². The van der Waals surface area contributed by atoms with E-state index in [1.165, 1.54) is 0 Å². The Morgan fingerprint density at radius 2 is 2.12 bits per heavy atom. The van der Waals surface area contributed by atoms with Gasteiger partial charge in [-0.05, 0) is 43.2 Å². The molecule has 3 heteroatoms. The second kappa shape index (κ2) is 4.95. The molecule has 2 aromatic rings. The SMILES string of the molecule is Cc1ccc(C(C)Nc2cccnc2)cc1F. The number of hydrogen-bond acceptors (Lipinski definition) is 2. The monoisotopic (exact) mass is 230 g/mol. The van der Waals surface area contributed by atoms with Crippen molar-refractivity contribution in [2.45, 2.75) is 19.9 Å². The van der Waals surface area contributed by atoms with E-state index in [4.69, 9.17) is 0 Å². The minimum absolute atomic E-state index is 0.0503. The molecule has 17 heavy (non-hydrogen) atoms. The summed E-state index contributed by atoms with van der Waals surface area (Å²) in [6.45, 7) is 3.76. The maximum Gasteiger partial charge on any atom is 0.126 e. The molecule has 0 spiro atoms. The van der Waals surface area contributed by atoms with Gasteiger partial charge in [0.15, 0.2) is 0 Å². The Balaban J connectivity index is 2.14. The predicted octanol–water partition coefficient (Wildman–Crippen LogP) is 3.70. The minimum Gasteiger partial charge on any atom is -0.377 e. The van der Waals surface area contributed by atoms with Gasteiger partial charge in [0.05, 0.1) is 5.69 Å². The van der Waals surface area contributed by atoms with Crippen LogP contribution in [0.25, 0.3) is 0 Å². The molecule has 1 N–H and O–H groups in total. The van der Waals surface area contributed by atoms with E-state index in [9.17, 15) is 4.39 Å². The highest BCUT2D eigenvalue weighted by Crippen LogP contribution is 2.20. The van der Waals surface area contributed by atoms with Crippen molar-refractivity contribution in [3.63, 3.8) is 0 Å². The van der Waals surface area contributed by atoms with Gasteiger partial charge in [0, 0.05) is 18.4 Å². The second-order valence-corrected chi connectivity index (χ2v) is 4.12. The molecule has 0 aliphatic rings. The summed E-state index contributed by atoms with van der Waals surface area (Å²) in [5.41, 5.74) is 2.53. The van der Waals surface area contributed by atoms with Crippen LogP contribution < -0.4 is 5.32 Å². The number of pyridine rings is 1. The standard InChI is InChI=1S/C14H15FN2/c1-10-5-6-12(8-14(10)15)11(2)17-13-4-3-7-16-9-13/h3-9,11,17H,1-2H3. The fourth-order valence-corrected chi connectivity index (χ4v) is 1.66. The Labute approximate surface area is 101 Å². The van der Waals surface area contributed by atoms with E-state index in [1.807, 2.05) is 25.1 Å². The first kappa shape index (κ1) is 11.6. The van der Waals surface area contributed by atoms with Gasteiger partial charge in [-0.2, -0.15) is 0 Å². The quantitative estimate of drug-likeness (QED) is 0.869. The normalized spacial score (nSPS) is 12.2. The Morgan fingerprint density at radius 1 is 1.29 bits per heavy atom. The summed E-state index contributed by atoms with van der Waals surface area (Å²) >= 11 is 0. The molecule has 2 nitrogen and oxygen atoms in total. The predicted molar refractivity (Wildman–Crippen MR) is 67.4 cm³/mol.